The Kier molecular flexibility index (Phi) is 4.99. The first kappa shape index (κ1) is 15.3. The third-order valence-electron chi connectivity index (χ3n) is 4.11. The van der Waals surface area contributed by atoms with Crippen molar-refractivity contribution in [1.82, 2.24) is 9.80 Å². The quantitative estimate of drug-likeness (QED) is 0.779. The second-order valence-corrected chi connectivity index (χ2v) is 5.92. The fraction of sp³-hybridized carbons (Fsp3) is 0.857. The van der Waals surface area contributed by atoms with Gasteiger partial charge in [0.2, 0.25) is 5.91 Å². The van der Waals surface area contributed by atoms with Gasteiger partial charge in [0.15, 0.2) is 0 Å². The molecule has 0 bridgehead atoms. The van der Waals surface area contributed by atoms with Gasteiger partial charge in [-0.05, 0) is 18.8 Å². The number of rotatable bonds is 3. The lowest BCUT2D eigenvalue weighted by Crippen LogP contribution is -2.56. The van der Waals surface area contributed by atoms with E-state index in [1.54, 1.807) is 9.80 Å². The first-order chi connectivity index (χ1) is 9.50. The van der Waals surface area contributed by atoms with Gasteiger partial charge in [-0.3, -0.25) is 9.59 Å². The first-order valence-electron chi connectivity index (χ1n) is 7.45. The van der Waals surface area contributed by atoms with Crippen LogP contribution in [-0.4, -0.2) is 66.5 Å². The van der Waals surface area contributed by atoms with Crippen molar-refractivity contribution in [2.75, 3.05) is 32.8 Å². The second kappa shape index (κ2) is 6.54. The van der Waals surface area contributed by atoms with Gasteiger partial charge >= 0.3 is 0 Å². The van der Waals surface area contributed by atoms with Gasteiger partial charge in [-0.25, -0.2) is 0 Å². The normalized spacial score (nSPS) is 25.1. The average molecular weight is 283 g/mol. The van der Waals surface area contributed by atoms with Crippen LogP contribution in [0.5, 0.6) is 0 Å². The van der Waals surface area contributed by atoms with Crippen molar-refractivity contribution >= 4 is 11.8 Å². The van der Waals surface area contributed by atoms with Crippen LogP contribution in [0.1, 0.15) is 26.7 Å². The van der Waals surface area contributed by atoms with Crippen LogP contribution < -0.4 is 5.73 Å². The first-order valence-corrected chi connectivity index (χ1v) is 7.45. The van der Waals surface area contributed by atoms with Crippen molar-refractivity contribution in [3.63, 3.8) is 0 Å². The Hall–Kier alpha value is -1.14. The Bertz CT molecular complexity index is 337. The minimum atomic E-state index is -0.449. The molecule has 6 nitrogen and oxygen atoms in total. The van der Waals surface area contributed by atoms with Gasteiger partial charge in [0.1, 0.15) is 6.10 Å². The van der Waals surface area contributed by atoms with Crippen molar-refractivity contribution in [1.29, 1.82) is 0 Å². The predicted molar refractivity (Wildman–Crippen MR) is 74.9 cm³/mol. The van der Waals surface area contributed by atoms with Gasteiger partial charge in [0.05, 0.1) is 6.04 Å². The number of amides is 2. The molecule has 0 radical (unpaired) electrons. The molecule has 1 unspecified atom stereocenters. The van der Waals surface area contributed by atoms with Crippen LogP contribution in [0.2, 0.25) is 0 Å². The molecule has 0 saturated carbocycles. The van der Waals surface area contributed by atoms with Crippen LogP contribution in [0.3, 0.4) is 0 Å². The molecule has 2 rings (SSSR count). The maximum absolute atomic E-state index is 12.2. The lowest BCUT2D eigenvalue weighted by Gasteiger charge is -2.37. The van der Waals surface area contributed by atoms with E-state index in [4.69, 9.17) is 10.5 Å². The molecule has 2 atom stereocenters. The van der Waals surface area contributed by atoms with E-state index >= 15 is 0 Å². The molecule has 2 aliphatic rings. The molecule has 0 aromatic carbocycles. The fourth-order valence-electron chi connectivity index (χ4n) is 2.62. The van der Waals surface area contributed by atoms with Gasteiger partial charge in [0, 0.05) is 32.8 Å². The summed E-state index contributed by atoms with van der Waals surface area (Å²) >= 11 is 0. The highest BCUT2D eigenvalue weighted by atomic mass is 16.5. The topological polar surface area (TPSA) is 75.9 Å². The predicted octanol–water partition coefficient (Wildman–Crippen LogP) is -0.180. The van der Waals surface area contributed by atoms with Crippen LogP contribution in [0.4, 0.5) is 0 Å². The van der Waals surface area contributed by atoms with E-state index in [9.17, 15) is 9.59 Å². The molecule has 20 heavy (non-hydrogen) atoms. The van der Waals surface area contributed by atoms with Gasteiger partial charge in [0.25, 0.3) is 5.91 Å². The molecule has 0 aromatic heterocycles. The number of ether oxygens (including phenoxy) is 1. The largest absolute Gasteiger partial charge is 0.368 e. The van der Waals surface area contributed by atoms with E-state index in [1.165, 1.54) is 0 Å². The molecule has 2 fully saturated rings. The number of carbonyl (C=O) groups excluding carboxylic acids is 2. The Labute approximate surface area is 120 Å². The molecule has 2 heterocycles. The Morgan fingerprint density at radius 3 is 2.25 bits per heavy atom. The molecular formula is C14H25N3O3. The summed E-state index contributed by atoms with van der Waals surface area (Å²) < 4.78 is 5.42. The van der Waals surface area contributed by atoms with Crippen LogP contribution in [0.15, 0.2) is 0 Å². The number of nitrogens with two attached hydrogens (primary N) is 1. The number of hydrogen-bond acceptors (Lipinski definition) is 4. The van der Waals surface area contributed by atoms with Crippen molar-refractivity contribution in [3.05, 3.63) is 0 Å². The Morgan fingerprint density at radius 2 is 1.75 bits per heavy atom. The van der Waals surface area contributed by atoms with E-state index in [0.29, 0.717) is 32.8 Å². The molecular weight excluding hydrogens is 258 g/mol. The molecule has 114 valence electrons. The summed E-state index contributed by atoms with van der Waals surface area (Å²) in [5.74, 6) is 0.195. The number of carbonyl (C=O) groups is 2. The van der Waals surface area contributed by atoms with Crippen LogP contribution in [0, 0.1) is 5.92 Å². The summed E-state index contributed by atoms with van der Waals surface area (Å²) in [5.41, 5.74) is 5.89. The summed E-state index contributed by atoms with van der Waals surface area (Å²) in [7, 11) is 0. The second-order valence-electron chi connectivity index (χ2n) is 5.92. The maximum atomic E-state index is 12.2. The SMILES string of the molecule is CC(C)[C@H](N)C(=O)N1CCN(C(=O)C2CCCO2)CC1. The summed E-state index contributed by atoms with van der Waals surface area (Å²) in [4.78, 5) is 27.9. The highest BCUT2D eigenvalue weighted by molar-refractivity contribution is 5.83. The fourth-order valence-corrected chi connectivity index (χ4v) is 2.62. The zero-order valence-electron chi connectivity index (χ0n) is 12.4. The third-order valence-corrected chi connectivity index (χ3v) is 4.11. The minimum absolute atomic E-state index is 0.00999. The molecule has 2 amide bonds. The molecule has 2 N–H and O–H groups in total. The molecule has 0 aliphatic carbocycles. The summed E-state index contributed by atoms with van der Waals surface area (Å²) in [6.45, 7) is 6.86. The Balaban J connectivity index is 1.83. The van der Waals surface area contributed by atoms with Crippen molar-refractivity contribution < 1.29 is 14.3 Å². The number of piperazine rings is 1. The standard InChI is InChI=1S/C14H25N3O3/c1-10(2)12(15)14(19)17-7-5-16(6-8-17)13(18)11-4-3-9-20-11/h10-12H,3-9,15H2,1-2H3/t11?,12-/m0/s1. The minimum Gasteiger partial charge on any atom is -0.368 e. The van der Waals surface area contributed by atoms with E-state index in [2.05, 4.69) is 0 Å². The van der Waals surface area contributed by atoms with Crippen LogP contribution in [0.25, 0.3) is 0 Å². The molecule has 6 heteroatoms. The van der Waals surface area contributed by atoms with E-state index in [1.807, 2.05) is 13.8 Å². The van der Waals surface area contributed by atoms with Gasteiger partial charge in [-0.2, -0.15) is 0 Å². The summed E-state index contributed by atoms with van der Waals surface area (Å²) in [5, 5.41) is 0. The van der Waals surface area contributed by atoms with E-state index in [-0.39, 0.29) is 23.8 Å². The van der Waals surface area contributed by atoms with Crippen molar-refractivity contribution in [2.24, 2.45) is 11.7 Å². The van der Waals surface area contributed by atoms with Crippen molar-refractivity contribution in [2.45, 2.75) is 38.8 Å². The van der Waals surface area contributed by atoms with Crippen molar-refractivity contribution in [3.8, 4) is 0 Å². The molecule has 0 spiro atoms. The van der Waals surface area contributed by atoms with Gasteiger partial charge in [-0.1, -0.05) is 13.8 Å². The van der Waals surface area contributed by atoms with Crippen LogP contribution >= 0.6 is 0 Å². The zero-order chi connectivity index (χ0) is 14.7. The lowest BCUT2D eigenvalue weighted by molar-refractivity contribution is -0.146. The lowest BCUT2D eigenvalue weighted by atomic mass is 10.0. The average Bonchev–Trinajstić information content (AvgIpc) is 2.99. The molecule has 2 aliphatic heterocycles. The smallest absolute Gasteiger partial charge is 0.251 e. The molecule has 0 aromatic rings. The Morgan fingerprint density at radius 1 is 1.15 bits per heavy atom. The zero-order valence-corrected chi connectivity index (χ0v) is 12.4. The number of hydrogen-bond donors (Lipinski definition) is 1. The highest BCUT2D eigenvalue weighted by Crippen LogP contribution is 2.16. The summed E-state index contributed by atoms with van der Waals surface area (Å²) in [6.07, 6.45) is 1.50. The van der Waals surface area contributed by atoms with Gasteiger partial charge in [-0.15, -0.1) is 0 Å². The third kappa shape index (κ3) is 3.30. The maximum Gasteiger partial charge on any atom is 0.251 e. The summed E-state index contributed by atoms with van der Waals surface area (Å²) in [6, 6.07) is -0.449. The number of nitrogens with zero attached hydrogens (tertiary/aromatic N) is 2. The molecule has 2 saturated heterocycles. The van der Waals surface area contributed by atoms with Gasteiger partial charge < -0.3 is 20.3 Å². The van der Waals surface area contributed by atoms with E-state index in [0.717, 1.165) is 12.8 Å². The van der Waals surface area contributed by atoms with Crippen LogP contribution in [-0.2, 0) is 14.3 Å². The monoisotopic (exact) mass is 283 g/mol. The van der Waals surface area contributed by atoms with E-state index < -0.39 is 6.04 Å². The highest BCUT2D eigenvalue weighted by Gasteiger charge is 2.32.